The van der Waals surface area contributed by atoms with Crippen molar-refractivity contribution in [1.29, 1.82) is 0 Å². The minimum Gasteiger partial charge on any atom is -0.155 e. The molecule has 1 atom stereocenters. The third-order valence-electron chi connectivity index (χ3n) is 13.5. The number of hydrogen-bond acceptors (Lipinski definition) is 2. The molecule has 10 rings (SSSR count). The summed E-state index contributed by atoms with van der Waals surface area (Å²) in [5, 5.41) is 2.88. The fourth-order valence-electron chi connectivity index (χ4n) is 11.7. The molecule has 2 saturated carbocycles. The molecule has 50 heavy (non-hydrogen) atoms. The highest BCUT2D eigenvalue weighted by Crippen LogP contribution is 2.62. The first-order chi connectivity index (χ1) is 24.2. The van der Waals surface area contributed by atoms with E-state index in [0.29, 0.717) is 18.0 Å². The number of amidine groups is 1. The molecule has 2 aliphatic heterocycles. The summed E-state index contributed by atoms with van der Waals surface area (Å²) in [7, 11) is 0. The van der Waals surface area contributed by atoms with Gasteiger partial charge in [-0.25, -0.2) is 0 Å². The Bertz CT molecular complexity index is 2290. The molecule has 5 aliphatic rings. The summed E-state index contributed by atoms with van der Waals surface area (Å²) in [5.41, 5.74) is 14.6. The summed E-state index contributed by atoms with van der Waals surface area (Å²) >= 11 is 2.03. The maximum absolute atomic E-state index is 3.03. The predicted octanol–water partition coefficient (Wildman–Crippen LogP) is 11.3. The number of thiophene rings is 1. The van der Waals surface area contributed by atoms with Crippen molar-refractivity contribution in [2.75, 3.05) is 0 Å². The maximum atomic E-state index is 3.03. The van der Waals surface area contributed by atoms with Crippen LogP contribution in [-0.4, -0.2) is 27.4 Å². The molecule has 1 spiro atoms. The van der Waals surface area contributed by atoms with Gasteiger partial charge in [0.2, 0.25) is 11.2 Å². The SMILES string of the molecule is Cc1cc(C)c2c(C)cc3[n+](c2c1)C1(c2ccc4c(c2-3)-c2sc3ccccc3c2C4(C)C)N(C2CCCCC2)C(C(C)C)=[N+]1C1CCCCC1. The molecule has 256 valence electrons. The van der Waals surface area contributed by atoms with Gasteiger partial charge in [0.1, 0.15) is 17.6 Å². The molecule has 4 heterocycles. The zero-order chi connectivity index (χ0) is 34.3. The van der Waals surface area contributed by atoms with Crippen molar-refractivity contribution < 1.29 is 9.14 Å². The normalized spacial score (nSPS) is 22.8. The summed E-state index contributed by atoms with van der Waals surface area (Å²) in [6, 6.07) is 23.0. The second-order valence-electron chi connectivity index (χ2n) is 17.3. The Hall–Kier alpha value is -3.50. The maximum Gasteiger partial charge on any atom is 0.479 e. The van der Waals surface area contributed by atoms with Gasteiger partial charge < -0.3 is 0 Å². The van der Waals surface area contributed by atoms with Crippen LogP contribution in [0.25, 0.3) is 42.7 Å². The van der Waals surface area contributed by atoms with E-state index in [2.05, 4.69) is 117 Å². The van der Waals surface area contributed by atoms with Crippen molar-refractivity contribution in [1.82, 2.24) is 4.90 Å². The van der Waals surface area contributed by atoms with E-state index in [9.17, 15) is 0 Å². The van der Waals surface area contributed by atoms with E-state index in [1.54, 1.807) is 5.84 Å². The number of benzene rings is 3. The van der Waals surface area contributed by atoms with E-state index >= 15 is 0 Å². The number of nitrogens with zero attached hydrogens (tertiary/aromatic N) is 3. The summed E-state index contributed by atoms with van der Waals surface area (Å²) in [4.78, 5) is 4.54. The summed E-state index contributed by atoms with van der Waals surface area (Å²) in [6.45, 7) is 17.0. The van der Waals surface area contributed by atoms with Crippen LogP contribution in [0.5, 0.6) is 0 Å². The van der Waals surface area contributed by atoms with Gasteiger partial charge >= 0.3 is 5.79 Å². The largest absolute Gasteiger partial charge is 0.479 e. The van der Waals surface area contributed by atoms with Crippen LogP contribution in [0, 0.1) is 26.7 Å². The molecule has 0 amide bonds. The van der Waals surface area contributed by atoms with Crippen LogP contribution in [0.4, 0.5) is 0 Å². The second-order valence-corrected chi connectivity index (χ2v) is 18.4. The number of aryl methyl sites for hydroxylation is 3. The third kappa shape index (κ3) is 3.82. The molecule has 0 N–H and O–H groups in total. The average molecular weight is 680 g/mol. The first kappa shape index (κ1) is 31.3. The predicted molar refractivity (Wildman–Crippen MR) is 210 cm³/mol. The van der Waals surface area contributed by atoms with E-state index in [1.165, 1.54) is 140 Å². The van der Waals surface area contributed by atoms with Crippen molar-refractivity contribution in [2.45, 2.75) is 136 Å². The lowest BCUT2D eigenvalue weighted by Gasteiger charge is -2.50. The van der Waals surface area contributed by atoms with E-state index < -0.39 is 0 Å². The van der Waals surface area contributed by atoms with Gasteiger partial charge in [0.15, 0.2) is 0 Å². The van der Waals surface area contributed by atoms with Crippen molar-refractivity contribution in [3.05, 3.63) is 88.0 Å². The minimum absolute atomic E-state index is 0.0557. The van der Waals surface area contributed by atoms with Crippen molar-refractivity contribution in [3.63, 3.8) is 0 Å². The number of hydrogen-bond donors (Lipinski definition) is 0. The molecule has 3 aliphatic carbocycles. The molecule has 2 aromatic heterocycles. The lowest BCUT2D eigenvalue weighted by atomic mass is 9.79. The zero-order valence-corrected chi connectivity index (χ0v) is 32.1. The molecular formula is C46H53N3S+2. The fourth-order valence-corrected chi connectivity index (χ4v) is 13.2. The molecular weight excluding hydrogens is 627 g/mol. The van der Waals surface area contributed by atoms with Gasteiger partial charge in [0.25, 0.3) is 5.84 Å². The van der Waals surface area contributed by atoms with Crippen LogP contribution in [-0.2, 0) is 11.2 Å². The quantitative estimate of drug-likeness (QED) is 0.173. The number of fused-ring (bicyclic) bond motifs is 13. The number of pyridine rings is 1. The Morgan fingerprint density at radius 1 is 0.780 bits per heavy atom. The van der Waals surface area contributed by atoms with E-state index in [0.717, 1.165) is 0 Å². The smallest absolute Gasteiger partial charge is 0.155 e. The van der Waals surface area contributed by atoms with E-state index in [4.69, 9.17) is 0 Å². The second kappa shape index (κ2) is 10.8. The van der Waals surface area contributed by atoms with E-state index in [-0.39, 0.29) is 11.2 Å². The Labute approximate surface area is 302 Å². The van der Waals surface area contributed by atoms with Crippen LogP contribution in [0.1, 0.15) is 125 Å². The Morgan fingerprint density at radius 2 is 1.46 bits per heavy atom. The van der Waals surface area contributed by atoms with Crippen molar-refractivity contribution in [2.24, 2.45) is 5.92 Å². The summed E-state index contributed by atoms with van der Waals surface area (Å²) in [6.07, 6.45) is 13.3. The Morgan fingerprint density at radius 3 is 2.20 bits per heavy atom. The minimum atomic E-state index is -0.362. The van der Waals surface area contributed by atoms with Gasteiger partial charge in [-0.15, -0.1) is 15.9 Å². The molecule has 0 bridgehead atoms. The van der Waals surface area contributed by atoms with E-state index in [1.807, 2.05) is 11.3 Å². The first-order valence-electron chi connectivity index (χ1n) is 19.8. The Kier molecular flexibility index (Phi) is 6.73. The van der Waals surface area contributed by atoms with Crippen LogP contribution in [0.15, 0.2) is 54.6 Å². The molecule has 4 heteroatoms. The monoisotopic (exact) mass is 679 g/mol. The Balaban J connectivity index is 1.40. The first-order valence-corrected chi connectivity index (χ1v) is 20.6. The molecule has 3 nitrogen and oxygen atoms in total. The van der Waals surface area contributed by atoms with Crippen LogP contribution in [0.3, 0.4) is 0 Å². The van der Waals surface area contributed by atoms with Gasteiger partial charge in [0.05, 0.1) is 16.9 Å². The standard InChI is InChI=1S/C46H53N3S/c1-27(2)44-47(31-16-10-8-11-17-31)46(48(44)32-18-12-9-13-19-32)35-23-22-34-41(43-42(45(34,6)7)33-20-14-15-21-38(33)50-43)40(35)37-26-30(5)39-29(4)24-28(3)25-36(39)49(37)46/h14-15,20-27,31-32H,8-13,16-19H2,1-7H3/q+2. The number of aromatic nitrogens is 1. The average Bonchev–Trinajstić information content (AvgIpc) is 3.70. The third-order valence-corrected chi connectivity index (χ3v) is 14.7. The van der Waals surface area contributed by atoms with Gasteiger partial charge in [-0.05, 0) is 117 Å². The molecule has 0 saturated heterocycles. The van der Waals surface area contributed by atoms with Crippen LogP contribution in [0.2, 0.25) is 0 Å². The molecule has 0 radical (unpaired) electrons. The molecule has 5 aromatic rings. The van der Waals surface area contributed by atoms with Crippen molar-refractivity contribution >= 4 is 38.2 Å². The van der Waals surface area contributed by atoms with Gasteiger partial charge in [-0.2, -0.15) is 9.48 Å². The van der Waals surface area contributed by atoms with Gasteiger partial charge in [-0.3, -0.25) is 0 Å². The molecule has 1 unspecified atom stereocenters. The topological polar surface area (TPSA) is 10.1 Å². The molecule has 3 aromatic carbocycles. The fraction of sp³-hybridized carbons (Fsp3) is 0.478. The summed E-state index contributed by atoms with van der Waals surface area (Å²) < 4.78 is 7.36. The summed E-state index contributed by atoms with van der Waals surface area (Å²) in [5.74, 6) is 1.72. The molecule has 2 fully saturated rings. The van der Waals surface area contributed by atoms with Crippen LogP contribution >= 0.6 is 11.3 Å². The van der Waals surface area contributed by atoms with Gasteiger partial charge in [-0.1, -0.05) is 70.9 Å². The number of rotatable bonds is 3. The van der Waals surface area contributed by atoms with Crippen LogP contribution < -0.4 is 4.57 Å². The lowest BCUT2D eigenvalue weighted by Crippen LogP contribution is -2.84. The zero-order valence-electron chi connectivity index (χ0n) is 31.2. The lowest BCUT2D eigenvalue weighted by molar-refractivity contribution is -0.957. The highest BCUT2D eigenvalue weighted by Gasteiger charge is 2.78. The van der Waals surface area contributed by atoms with Crippen molar-refractivity contribution in [3.8, 4) is 21.7 Å². The van der Waals surface area contributed by atoms with Gasteiger partial charge in [0, 0.05) is 32.7 Å². The highest BCUT2D eigenvalue weighted by molar-refractivity contribution is 7.22. The highest BCUT2D eigenvalue weighted by atomic mass is 32.1.